The van der Waals surface area contributed by atoms with Gasteiger partial charge in [-0.2, -0.15) is 0 Å². The number of fused-ring (bicyclic) bond motifs is 2. The molecule has 1 aromatic heterocycles. The van der Waals surface area contributed by atoms with E-state index in [1.54, 1.807) is 0 Å². The molecule has 1 unspecified atom stereocenters. The Hall–Kier alpha value is -1.92. The van der Waals surface area contributed by atoms with Crippen molar-refractivity contribution in [3.8, 4) is 0 Å². The average molecular weight is 527 g/mol. The van der Waals surface area contributed by atoms with E-state index in [2.05, 4.69) is 59.1 Å². The lowest BCUT2D eigenvalue weighted by molar-refractivity contribution is -0.134. The number of rotatable bonds is 4. The summed E-state index contributed by atoms with van der Waals surface area (Å²) in [5, 5.41) is 1.17. The van der Waals surface area contributed by atoms with Gasteiger partial charge in [-0.1, -0.05) is 37.5 Å². The van der Waals surface area contributed by atoms with Crippen LogP contribution in [0.5, 0.6) is 0 Å². The molecule has 0 spiro atoms. The summed E-state index contributed by atoms with van der Waals surface area (Å²) in [6.45, 7) is 8.54. The van der Waals surface area contributed by atoms with Gasteiger partial charge in [0.2, 0.25) is 11.8 Å². The minimum absolute atomic E-state index is 0.105. The van der Waals surface area contributed by atoms with Gasteiger partial charge in [-0.3, -0.25) is 19.1 Å². The van der Waals surface area contributed by atoms with Gasteiger partial charge in [0.05, 0.1) is 16.0 Å². The highest BCUT2D eigenvalue weighted by molar-refractivity contribution is 9.10. The van der Waals surface area contributed by atoms with E-state index < -0.39 is 0 Å². The number of likely N-dealkylation sites (N-methyl/N-ethyl adjacent to an activating group) is 1. The smallest absolute Gasteiger partial charge is 0.235 e. The number of carbonyl (C=O) groups is 2. The molecule has 34 heavy (non-hydrogen) atoms. The monoisotopic (exact) mass is 525 g/mol. The van der Waals surface area contributed by atoms with Crippen molar-refractivity contribution in [2.24, 2.45) is 11.8 Å². The van der Waals surface area contributed by atoms with Crippen LogP contribution in [0.1, 0.15) is 68.8 Å². The summed E-state index contributed by atoms with van der Waals surface area (Å²) >= 11 is 3.87. The van der Waals surface area contributed by atoms with Crippen LogP contribution in [-0.4, -0.2) is 58.4 Å². The van der Waals surface area contributed by atoms with Gasteiger partial charge in [0.25, 0.3) is 0 Å². The van der Waals surface area contributed by atoms with E-state index in [0.717, 1.165) is 55.3 Å². The summed E-state index contributed by atoms with van der Waals surface area (Å²) in [6.07, 6.45) is 8.54. The quantitative estimate of drug-likeness (QED) is 0.510. The normalized spacial score (nSPS) is 25.2. The molecular weight excluding hydrogens is 490 g/mol. The Kier molecular flexibility index (Phi) is 6.26. The van der Waals surface area contributed by atoms with Crippen molar-refractivity contribution < 1.29 is 9.59 Å². The molecule has 1 saturated carbocycles. The maximum Gasteiger partial charge on any atom is 0.235 e. The van der Waals surface area contributed by atoms with E-state index >= 15 is 0 Å². The number of amides is 1. The fraction of sp³-hybridized carbons (Fsp3) is 0.571. The Morgan fingerprint density at radius 2 is 1.85 bits per heavy atom. The average Bonchev–Trinajstić information content (AvgIpc) is 3.12. The Morgan fingerprint density at radius 1 is 1.15 bits per heavy atom. The first-order valence-corrected chi connectivity index (χ1v) is 13.7. The molecule has 1 amide bonds. The molecule has 1 fully saturated rings. The molecule has 0 radical (unpaired) electrons. The molecular formula is C28H36BrN3O2. The minimum atomic E-state index is -0.218. The summed E-state index contributed by atoms with van der Waals surface area (Å²) in [7, 11) is 2.14. The maximum absolute atomic E-state index is 13.7. The number of hydrogen-bond donors (Lipinski definition) is 0. The van der Waals surface area contributed by atoms with Crippen LogP contribution in [0.2, 0.25) is 0 Å². The van der Waals surface area contributed by atoms with Crippen molar-refractivity contribution in [1.29, 1.82) is 0 Å². The molecule has 0 saturated heterocycles. The molecule has 2 aliphatic carbocycles. The van der Waals surface area contributed by atoms with Gasteiger partial charge in [-0.15, -0.1) is 0 Å². The summed E-state index contributed by atoms with van der Waals surface area (Å²) in [5.74, 6) is 0.385. The molecule has 6 heteroatoms. The van der Waals surface area contributed by atoms with Crippen molar-refractivity contribution in [1.82, 2.24) is 14.4 Å². The third kappa shape index (κ3) is 3.51. The Labute approximate surface area is 211 Å². The second kappa shape index (κ2) is 8.94. The third-order valence-corrected chi connectivity index (χ3v) is 9.50. The van der Waals surface area contributed by atoms with E-state index in [4.69, 9.17) is 0 Å². The van der Waals surface area contributed by atoms with Crippen LogP contribution in [0.25, 0.3) is 16.5 Å². The van der Waals surface area contributed by atoms with Crippen LogP contribution in [-0.2, 0) is 11.2 Å². The van der Waals surface area contributed by atoms with Gasteiger partial charge in [0, 0.05) is 36.5 Å². The highest BCUT2D eigenvalue weighted by Gasteiger charge is 2.46. The van der Waals surface area contributed by atoms with Gasteiger partial charge < -0.3 is 4.90 Å². The fourth-order valence-corrected chi connectivity index (χ4v) is 7.23. The van der Waals surface area contributed by atoms with Crippen LogP contribution in [0.15, 0.2) is 28.9 Å². The van der Waals surface area contributed by atoms with Crippen LogP contribution >= 0.6 is 15.9 Å². The highest BCUT2D eigenvalue weighted by Crippen LogP contribution is 2.50. The largest absolute Gasteiger partial charge is 0.343 e. The number of benzene rings is 1. The zero-order chi connectivity index (χ0) is 24.2. The van der Waals surface area contributed by atoms with E-state index in [9.17, 15) is 9.59 Å². The number of carbonyl (C=O) groups excluding carboxylic acids is 2. The van der Waals surface area contributed by atoms with Crippen molar-refractivity contribution in [3.05, 3.63) is 40.0 Å². The Morgan fingerprint density at radius 3 is 2.53 bits per heavy atom. The molecule has 0 bridgehead atoms. The molecule has 2 heterocycles. The van der Waals surface area contributed by atoms with Crippen molar-refractivity contribution >= 4 is 44.2 Å². The number of aromatic nitrogens is 1. The first kappa shape index (κ1) is 23.8. The maximum atomic E-state index is 13.7. The van der Waals surface area contributed by atoms with Crippen LogP contribution < -0.4 is 0 Å². The molecule has 182 valence electrons. The third-order valence-electron chi connectivity index (χ3n) is 8.67. The molecule has 2 atom stereocenters. The van der Waals surface area contributed by atoms with E-state index in [1.165, 1.54) is 28.5 Å². The lowest BCUT2D eigenvalue weighted by Crippen LogP contribution is -2.54. The second-order valence-electron chi connectivity index (χ2n) is 10.5. The van der Waals surface area contributed by atoms with E-state index in [-0.39, 0.29) is 29.2 Å². The fourth-order valence-electron chi connectivity index (χ4n) is 6.53. The van der Waals surface area contributed by atoms with E-state index in [0.29, 0.717) is 6.54 Å². The van der Waals surface area contributed by atoms with Crippen LogP contribution in [0, 0.1) is 11.8 Å². The lowest BCUT2D eigenvalue weighted by Gasteiger charge is -2.48. The van der Waals surface area contributed by atoms with Crippen LogP contribution in [0.4, 0.5) is 0 Å². The molecule has 0 N–H and O–H groups in total. The predicted octanol–water partition coefficient (Wildman–Crippen LogP) is 5.75. The summed E-state index contributed by atoms with van der Waals surface area (Å²) in [6, 6.07) is 6.33. The summed E-state index contributed by atoms with van der Waals surface area (Å²) in [4.78, 5) is 31.3. The standard InChI is InChI=1S/C28H36BrN3O2/c1-5-31(6-2)26(33)19-15-22-20-13-10-14-23-24(20)21(16-28(22,3)30(4)17-19)25(29)32(23)27(34)18-11-8-7-9-12-18/h10,13-15,18-19H,5-9,11-12,16-17H2,1-4H3/t19-,28?/m1/s1. The zero-order valence-corrected chi connectivity index (χ0v) is 22.5. The molecule has 5 rings (SSSR count). The number of halogens is 1. The SMILES string of the molecule is CCN(CC)C(=O)[C@@H]1C=C2c3cccc4c3c(c(Br)n4C(=O)C3CCCCC3)CC2(C)N(C)C1. The highest BCUT2D eigenvalue weighted by atomic mass is 79.9. The molecule has 1 aliphatic heterocycles. The van der Waals surface area contributed by atoms with E-state index in [1.807, 2.05) is 23.3 Å². The van der Waals surface area contributed by atoms with Gasteiger partial charge >= 0.3 is 0 Å². The molecule has 1 aromatic carbocycles. The molecule has 3 aliphatic rings. The number of nitrogens with zero attached hydrogens (tertiary/aromatic N) is 3. The van der Waals surface area contributed by atoms with Gasteiger partial charge in [-0.05, 0) is 85.8 Å². The Balaban J connectivity index is 1.65. The number of hydrogen-bond acceptors (Lipinski definition) is 3. The first-order chi connectivity index (χ1) is 16.3. The lowest BCUT2D eigenvalue weighted by atomic mass is 9.71. The van der Waals surface area contributed by atoms with Gasteiger partial charge in [-0.25, -0.2) is 0 Å². The van der Waals surface area contributed by atoms with Gasteiger partial charge in [0.15, 0.2) is 0 Å². The zero-order valence-electron chi connectivity index (χ0n) is 20.9. The van der Waals surface area contributed by atoms with Crippen molar-refractivity contribution in [3.63, 3.8) is 0 Å². The minimum Gasteiger partial charge on any atom is -0.343 e. The first-order valence-electron chi connectivity index (χ1n) is 12.9. The molecule has 5 nitrogen and oxygen atoms in total. The van der Waals surface area contributed by atoms with Crippen molar-refractivity contribution in [2.45, 2.75) is 64.8 Å². The summed E-state index contributed by atoms with van der Waals surface area (Å²) < 4.78 is 2.87. The van der Waals surface area contributed by atoms with Gasteiger partial charge in [0.1, 0.15) is 0 Å². The topological polar surface area (TPSA) is 45.6 Å². The predicted molar refractivity (Wildman–Crippen MR) is 141 cm³/mol. The second-order valence-corrected chi connectivity index (χ2v) is 11.3. The Bertz CT molecular complexity index is 1170. The van der Waals surface area contributed by atoms with Crippen molar-refractivity contribution in [2.75, 3.05) is 26.7 Å². The summed E-state index contributed by atoms with van der Waals surface area (Å²) in [5.41, 5.74) is 4.39. The van der Waals surface area contributed by atoms with Crippen LogP contribution in [0.3, 0.4) is 0 Å². The molecule has 2 aromatic rings.